The first-order chi connectivity index (χ1) is 17.0. The minimum Gasteiger partial charge on any atom is -0.495 e. The van der Waals surface area contributed by atoms with E-state index >= 15 is 0 Å². The van der Waals surface area contributed by atoms with E-state index < -0.39 is 18.0 Å². The summed E-state index contributed by atoms with van der Waals surface area (Å²) < 4.78 is 58.5. The van der Waals surface area contributed by atoms with Crippen LogP contribution in [0.1, 0.15) is 38.0 Å². The fraction of sp³-hybridized carbons (Fsp3) is 0.360. The van der Waals surface area contributed by atoms with Crippen molar-refractivity contribution in [1.82, 2.24) is 0 Å². The zero-order valence-electron chi connectivity index (χ0n) is 20.1. The lowest BCUT2D eigenvalue weighted by Gasteiger charge is -2.33. The molecule has 0 unspecified atom stereocenters. The lowest BCUT2D eigenvalue weighted by Crippen LogP contribution is -2.42. The SMILES string of the molecule is CCOC(C)=O.COc1cccc([C@H]2OCC3=NCC(C)=C(C(F)(F)F)N3c3ccc(Br)cc32)c1Cl. The molecule has 2 aliphatic heterocycles. The zero-order valence-corrected chi connectivity index (χ0v) is 22.4. The van der Waals surface area contributed by atoms with Crippen LogP contribution in [-0.4, -0.2) is 44.8 Å². The number of allylic oxidation sites excluding steroid dienone is 1. The van der Waals surface area contributed by atoms with Crippen LogP contribution in [0.2, 0.25) is 5.02 Å². The Morgan fingerprint density at radius 2 is 2.00 bits per heavy atom. The first kappa shape index (κ1) is 28.0. The van der Waals surface area contributed by atoms with E-state index in [-0.39, 0.29) is 30.5 Å². The van der Waals surface area contributed by atoms with Gasteiger partial charge in [-0.05, 0) is 43.7 Å². The normalized spacial score (nSPS) is 17.2. The molecule has 6 nitrogen and oxygen atoms in total. The van der Waals surface area contributed by atoms with Gasteiger partial charge in [-0.1, -0.05) is 39.7 Å². The number of halogens is 5. The number of rotatable bonds is 3. The molecule has 0 fully saturated rings. The zero-order chi connectivity index (χ0) is 26.6. The number of carbonyl (C=O) groups excluding carboxylic acids is 1. The van der Waals surface area contributed by atoms with Gasteiger partial charge in [0.25, 0.3) is 0 Å². The van der Waals surface area contributed by atoms with Crippen molar-refractivity contribution in [3.8, 4) is 5.75 Å². The second-order valence-corrected chi connectivity index (χ2v) is 9.17. The van der Waals surface area contributed by atoms with Crippen molar-refractivity contribution < 1.29 is 32.2 Å². The van der Waals surface area contributed by atoms with Gasteiger partial charge in [-0.2, -0.15) is 13.2 Å². The fourth-order valence-electron chi connectivity index (χ4n) is 3.95. The van der Waals surface area contributed by atoms with Gasteiger partial charge < -0.3 is 14.2 Å². The average molecular weight is 590 g/mol. The molecule has 0 amide bonds. The number of alkyl halides is 3. The first-order valence-electron chi connectivity index (χ1n) is 11.0. The molecule has 2 aromatic rings. The summed E-state index contributed by atoms with van der Waals surface area (Å²) in [6, 6.07) is 10.3. The number of ether oxygens (including phenoxy) is 3. The monoisotopic (exact) mass is 588 g/mol. The van der Waals surface area contributed by atoms with Crippen molar-refractivity contribution in [3.05, 3.63) is 68.3 Å². The van der Waals surface area contributed by atoms with E-state index in [0.29, 0.717) is 38.7 Å². The Balaban J connectivity index is 0.000000538. The molecule has 2 aromatic carbocycles. The number of carbonyl (C=O) groups is 1. The number of nitrogens with zero attached hydrogens (tertiary/aromatic N) is 2. The van der Waals surface area contributed by atoms with Crippen LogP contribution in [0, 0.1) is 0 Å². The highest BCUT2D eigenvalue weighted by Crippen LogP contribution is 2.46. The van der Waals surface area contributed by atoms with Crippen molar-refractivity contribution in [2.24, 2.45) is 4.99 Å². The predicted molar refractivity (Wildman–Crippen MR) is 136 cm³/mol. The van der Waals surface area contributed by atoms with Crippen LogP contribution in [0.5, 0.6) is 5.75 Å². The summed E-state index contributed by atoms with van der Waals surface area (Å²) in [7, 11) is 1.50. The maximum Gasteiger partial charge on any atom is 0.431 e. The molecular formula is C25H25BrClF3N2O4. The second-order valence-electron chi connectivity index (χ2n) is 7.88. The standard InChI is InChI=1S/C21H17BrClF3N2O2.C4H8O2/c1-11-9-27-17-10-30-19(13-4-3-5-16(29-2)18(13)23)14-8-12(22)6-7-15(14)28(17)20(11)21(24,25)26;1-3-6-4(2)5/h3-8,19H,9-10H2,1-2H3;3H2,1-2H3/t19-;/m1./s1. The molecule has 11 heteroatoms. The third kappa shape index (κ3) is 6.04. The van der Waals surface area contributed by atoms with E-state index in [1.54, 1.807) is 43.3 Å². The van der Waals surface area contributed by atoms with Gasteiger partial charge in [-0.3, -0.25) is 14.7 Å². The molecule has 2 aliphatic rings. The molecule has 2 heterocycles. The number of anilines is 1. The molecule has 0 bridgehead atoms. The largest absolute Gasteiger partial charge is 0.495 e. The van der Waals surface area contributed by atoms with Gasteiger partial charge >= 0.3 is 12.1 Å². The molecule has 0 saturated heterocycles. The van der Waals surface area contributed by atoms with E-state index in [2.05, 4.69) is 25.7 Å². The van der Waals surface area contributed by atoms with Gasteiger partial charge in [0.05, 0.1) is 31.0 Å². The molecule has 0 N–H and O–H groups in total. The summed E-state index contributed by atoms with van der Waals surface area (Å²) in [5, 5.41) is 0.348. The van der Waals surface area contributed by atoms with Crippen molar-refractivity contribution >= 4 is 45.0 Å². The predicted octanol–water partition coefficient (Wildman–Crippen LogP) is 6.85. The number of amidine groups is 1. The van der Waals surface area contributed by atoms with Crippen molar-refractivity contribution in [2.75, 3.05) is 31.8 Å². The van der Waals surface area contributed by atoms with Gasteiger partial charge in [0.1, 0.15) is 30.0 Å². The van der Waals surface area contributed by atoms with E-state index in [4.69, 9.17) is 21.1 Å². The Labute approximate surface area is 220 Å². The molecule has 1 atom stereocenters. The summed E-state index contributed by atoms with van der Waals surface area (Å²) >= 11 is 9.95. The summed E-state index contributed by atoms with van der Waals surface area (Å²) in [4.78, 5) is 15.3. The van der Waals surface area contributed by atoms with Crippen LogP contribution in [0.25, 0.3) is 0 Å². The van der Waals surface area contributed by atoms with Crippen LogP contribution in [-0.2, 0) is 14.3 Å². The van der Waals surface area contributed by atoms with Crippen molar-refractivity contribution in [3.63, 3.8) is 0 Å². The van der Waals surface area contributed by atoms with E-state index in [9.17, 15) is 18.0 Å². The van der Waals surface area contributed by atoms with Crippen molar-refractivity contribution in [2.45, 2.75) is 33.1 Å². The van der Waals surface area contributed by atoms with E-state index in [1.807, 2.05) is 0 Å². The van der Waals surface area contributed by atoms with Gasteiger partial charge in [0, 0.05) is 22.5 Å². The third-order valence-electron chi connectivity index (χ3n) is 5.39. The summed E-state index contributed by atoms with van der Waals surface area (Å²) in [5.41, 5.74) is 0.922. The quantitative estimate of drug-likeness (QED) is 0.366. The molecule has 0 saturated carbocycles. The summed E-state index contributed by atoms with van der Waals surface area (Å²) in [6.45, 7) is 4.97. The number of methoxy groups -OCH3 is 1. The highest BCUT2D eigenvalue weighted by atomic mass is 79.9. The maximum absolute atomic E-state index is 14.0. The highest BCUT2D eigenvalue weighted by Gasteiger charge is 2.45. The molecule has 36 heavy (non-hydrogen) atoms. The number of benzene rings is 2. The number of hydrogen-bond donors (Lipinski definition) is 0. The first-order valence-corrected chi connectivity index (χ1v) is 12.1. The highest BCUT2D eigenvalue weighted by molar-refractivity contribution is 9.10. The lowest BCUT2D eigenvalue weighted by atomic mass is 9.98. The minimum atomic E-state index is -4.54. The Morgan fingerprint density at radius 3 is 2.58 bits per heavy atom. The topological polar surface area (TPSA) is 60.4 Å². The molecule has 0 aliphatic carbocycles. The van der Waals surface area contributed by atoms with Gasteiger partial charge in [-0.15, -0.1) is 0 Å². The van der Waals surface area contributed by atoms with Gasteiger partial charge in [-0.25, -0.2) is 0 Å². The molecule has 194 valence electrons. The number of fused-ring (bicyclic) bond motifs is 3. The molecule has 4 rings (SSSR count). The number of hydrogen-bond acceptors (Lipinski definition) is 6. The molecule has 0 spiro atoms. The maximum atomic E-state index is 14.0. The number of aliphatic imine (C=N–C) groups is 1. The van der Waals surface area contributed by atoms with E-state index in [0.717, 1.165) is 4.90 Å². The van der Waals surface area contributed by atoms with Crippen molar-refractivity contribution in [1.29, 1.82) is 0 Å². The van der Waals surface area contributed by atoms with E-state index in [1.165, 1.54) is 21.0 Å². The third-order valence-corrected chi connectivity index (χ3v) is 6.29. The van der Waals surface area contributed by atoms with Crippen LogP contribution >= 0.6 is 27.5 Å². The Hall–Kier alpha value is -2.56. The summed E-state index contributed by atoms with van der Waals surface area (Å²) in [6.07, 6.45) is -5.24. The second kappa shape index (κ2) is 11.7. The summed E-state index contributed by atoms with van der Waals surface area (Å²) in [5.74, 6) is 0.455. The van der Waals surface area contributed by atoms with Gasteiger partial charge in [0.2, 0.25) is 0 Å². The van der Waals surface area contributed by atoms with Gasteiger partial charge in [0.15, 0.2) is 0 Å². The van der Waals surface area contributed by atoms with Crippen LogP contribution in [0.4, 0.5) is 18.9 Å². The smallest absolute Gasteiger partial charge is 0.431 e. The Bertz CT molecular complexity index is 1200. The molecular weight excluding hydrogens is 565 g/mol. The number of esters is 1. The average Bonchev–Trinajstić information content (AvgIpc) is 2.95. The lowest BCUT2D eigenvalue weighted by molar-refractivity contribution is -0.140. The Kier molecular flexibility index (Phi) is 9.08. The molecule has 0 aromatic heterocycles. The Morgan fingerprint density at radius 1 is 1.28 bits per heavy atom. The fourth-order valence-corrected chi connectivity index (χ4v) is 4.63. The van der Waals surface area contributed by atoms with Crippen LogP contribution in [0.15, 0.2) is 57.1 Å². The minimum absolute atomic E-state index is 0.0273. The van der Waals surface area contributed by atoms with Crippen LogP contribution < -0.4 is 9.64 Å². The molecule has 0 radical (unpaired) electrons. The van der Waals surface area contributed by atoms with Crippen LogP contribution in [0.3, 0.4) is 0 Å².